The highest BCUT2D eigenvalue weighted by Gasteiger charge is 2.52. The first-order valence-corrected chi connectivity index (χ1v) is 4.96. The summed E-state index contributed by atoms with van der Waals surface area (Å²) >= 11 is 0. The molecule has 4 nitrogen and oxygen atoms in total. The molecule has 2 fully saturated rings. The molecule has 0 aromatic carbocycles. The van der Waals surface area contributed by atoms with Gasteiger partial charge < -0.3 is 21.7 Å². The van der Waals surface area contributed by atoms with Crippen molar-refractivity contribution in [1.82, 2.24) is 0 Å². The van der Waals surface area contributed by atoms with Gasteiger partial charge in [0, 0.05) is 17.5 Å². The smallest absolute Gasteiger partial charge is 0.0845 e. The molecule has 0 spiro atoms. The molecule has 4 heteroatoms. The standard InChI is InChI=1S/C9H18N2O2/c10-7-4-6(12)8(13)5-2-1-3-9(5,7)11/h5-8,12-13H,1-4,10-11H2/t5?,6-,7-,8-,9-/m0/s1. The molecule has 13 heavy (non-hydrogen) atoms. The molecule has 0 saturated heterocycles. The van der Waals surface area contributed by atoms with Crippen LogP contribution in [0.1, 0.15) is 25.7 Å². The van der Waals surface area contributed by atoms with Crippen LogP contribution in [0.15, 0.2) is 0 Å². The summed E-state index contributed by atoms with van der Waals surface area (Å²) < 4.78 is 0. The predicted molar refractivity (Wildman–Crippen MR) is 48.9 cm³/mol. The number of aliphatic hydroxyl groups is 2. The monoisotopic (exact) mass is 186 g/mol. The maximum atomic E-state index is 9.75. The van der Waals surface area contributed by atoms with E-state index in [4.69, 9.17) is 11.5 Å². The van der Waals surface area contributed by atoms with Crippen LogP contribution in [0.3, 0.4) is 0 Å². The van der Waals surface area contributed by atoms with Gasteiger partial charge in [0.1, 0.15) is 0 Å². The third-order valence-electron chi connectivity index (χ3n) is 3.81. The summed E-state index contributed by atoms with van der Waals surface area (Å²) in [5.74, 6) is -0.00810. The average molecular weight is 186 g/mol. The van der Waals surface area contributed by atoms with E-state index in [1.54, 1.807) is 0 Å². The topological polar surface area (TPSA) is 92.5 Å². The Bertz CT molecular complexity index is 212. The molecular weight excluding hydrogens is 168 g/mol. The first-order valence-electron chi connectivity index (χ1n) is 4.96. The lowest BCUT2D eigenvalue weighted by atomic mass is 9.70. The second kappa shape index (κ2) is 2.92. The number of rotatable bonds is 0. The van der Waals surface area contributed by atoms with Crippen LogP contribution in [-0.2, 0) is 0 Å². The van der Waals surface area contributed by atoms with Crippen molar-refractivity contribution in [2.24, 2.45) is 17.4 Å². The lowest BCUT2D eigenvalue weighted by Gasteiger charge is -2.46. The van der Waals surface area contributed by atoms with Crippen molar-refractivity contribution in [3.05, 3.63) is 0 Å². The minimum Gasteiger partial charge on any atom is -0.390 e. The quantitative estimate of drug-likeness (QED) is 0.388. The molecule has 1 unspecified atom stereocenters. The molecule has 2 aliphatic carbocycles. The van der Waals surface area contributed by atoms with Crippen molar-refractivity contribution in [1.29, 1.82) is 0 Å². The lowest BCUT2D eigenvalue weighted by Crippen LogP contribution is -2.66. The highest BCUT2D eigenvalue weighted by molar-refractivity contribution is 5.11. The molecule has 0 heterocycles. The highest BCUT2D eigenvalue weighted by Crippen LogP contribution is 2.43. The average Bonchev–Trinajstić information content (AvgIpc) is 2.46. The number of hydrogen-bond donors (Lipinski definition) is 4. The van der Waals surface area contributed by atoms with Gasteiger partial charge in [-0.1, -0.05) is 6.42 Å². The molecule has 2 saturated carbocycles. The van der Waals surface area contributed by atoms with E-state index in [1.807, 2.05) is 0 Å². The van der Waals surface area contributed by atoms with Gasteiger partial charge in [-0.15, -0.1) is 0 Å². The fourth-order valence-corrected chi connectivity index (χ4v) is 2.92. The predicted octanol–water partition coefficient (Wildman–Crippen LogP) is -1.06. The van der Waals surface area contributed by atoms with Gasteiger partial charge >= 0.3 is 0 Å². The van der Waals surface area contributed by atoms with Crippen LogP contribution in [0.25, 0.3) is 0 Å². The Balaban J connectivity index is 2.24. The summed E-state index contributed by atoms with van der Waals surface area (Å²) in [5, 5.41) is 19.3. The van der Waals surface area contributed by atoms with E-state index < -0.39 is 17.7 Å². The first-order chi connectivity index (χ1) is 6.05. The van der Waals surface area contributed by atoms with E-state index in [-0.39, 0.29) is 12.0 Å². The summed E-state index contributed by atoms with van der Waals surface area (Å²) in [7, 11) is 0. The Hall–Kier alpha value is -0.160. The van der Waals surface area contributed by atoms with Crippen molar-refractivity contribution in [2.75, 3.05) is 0 Å². The van der Waals surface area contributed by atoms with Crippen molar-refractivity contribution in [2.45, 2.75) is 49.5 Å². The largest absolute Gasteiger partial charge is 0.390 e. The fourth-order valence-electron chi connectivity index (χ4n) is 2.92. The number of fused-ring (bicyclic) bond motifs is 1. The van der Waals surface area contributed by atoms with Crippen molar-refractivity contribution in [3.63, 3.8) is 0 Å². The zero-order chi connectivity index (χ0) is 9.64. The third-order valence-corrected chi connectivity index (χ3v) is 3.81. The lowest BCUT2D eigenvalue weighted by molar-refractivity contribution is -0.0733. The van der Waals surface area contributed by atoms with E-state index in [0.717, 1.165) is 19.3 Å². The van der Waals surface area contributed by atoms with Crippen LogP contribution in [0.5, 0.6) is 0 Å². The van der Waals surface area contributed by atoms with Gasteiger partial charge in [0.15, 0.2) is 0 Å². The first kappa shape index (κ1) is 9.40. The molecule has 0 amide bonds. The summed E-state index contributed by atoms with van der Waals surface area (Å²) in [6, 6.07) is -0.168. The Labute approximate surface area is 77.9 Å². The zero-order valence-electron chi connectivity index (χ0n) is 7.69. The van der Waals surface area contributed by atoms with Crippen LogP contribution in [-0.4, -0.2) is 34.0 Å². The van der Waals surface area contributed by atoms with Crippen LogP contribution >= 0.6 is 0 Å². The molecule has 0 aliphatic heterocycles. The van der Waals surface area contributed by atoms with Gasteiger partial charge in [-0.3, -0.25) is 0 Å². The van der Waals surface area contributed by atoms with Gasteiger partial charge in [-0.2, -0.15) is 0 Å². The van der Waals surface area contributed by atoms with Crippen LogP contribution in [0, 0.1) is 5.92 Å². The summed E-state index contributed by atoms with van der Waals surface area (Å²) in [6.45, 7) is 0. The second-order valence-electron chi connectivity index (χ2n) is 4.51. The maximum Gasteiger partial charge on any atom is 0.0845 e. The number of hydrogen-bond acceptors (Lipinski definition) is 4. The number of aliphatic hydroxyl groups excluding tert-OH is 2. The number of nitrogens with two attached hydrogens (primary N) is 2. The Morgan fingerprint density at radius 1 is 1.31 bits per heavy atom. The van der Waals surface area contributed by atoms with Crippen LogP contribution in [0.4, 0.5) is 0 Å². The van der Waals surface area contributed by atoms with E-state index >= 15 is 0 Å². The molecule has 0 bridgehead atoms. The molecule has 0 radical (unpaired) electrons. The van der Waals surface area contributed by atoms with Gasteiger partial charge in [0.25, 0.3) is 0 Å². The minimum atomic E-state index is -0.685. The van der Waals surface area contributed by atoms with Gasteiger partial charge in [-0.05, 0) is 19.3 Å². The third kappa shape index (κ3) is 1.21. The minimum absolute atomic E-state index is 0.00810. The Morgan fingerprint density at radius 2 is 2.00 bits per heavy atom. The van der Waals surface area contributed by atoms with E-state index in [2.05, 4.69) is 0 Å². The molecule has 5 atom stereocenters. The van der Waals surface area contributed by atoms with Crippen molar-refractivity contribution >= 4 is 0 Å². The summed E-state index contributed by atoms with van der Waals surface area (Å²) in [6.07, 6.45) is 1.85. The van der Waals surface area contributed by atoms with Gasteiger partial charge in [0.2, 0.25) is 0 Å². The molecular formula is C9H18N2O2. The second-order valence-corrected chi connectivity index (χ2v) is 4.51. The van der Waals surface area contributed by atoms with Gasteiger partial charge in [0.05, 0.1) is 12.2 Å². The highest BCUT2D eigenvalue weighted by atomic mass is 16.3. The van der Waals surface area contributed by atoms with E-state index in [1.165, 1.54) is 0 Å². The van der Waals surface area contributed by atoms with Crippen molar-refractivity contribution in [3.8, 4) is 0 Å². The summed E-state index contributed by atoms with van der Waals surface area (Å²) in [4.78, 5) is 0. The molecule has 6 N–H and O–H groups in total. The molecule has 76 valence electrons. The fraction of sp³-hybridized carbons (Fsp3) is 1.00. The SMILES string of the molecule is N[C@H]1C[C@H](O)[C@@H](O)C2CCC[C@]21N. The molecule has 2 aliphatic rings. The Morgan fingerprint density at radius 3 is 2.69 bits per heavy atom. The maximum absolute atomic E-state index is 9.75. The Kier molecular flexibility index (Phi) is 2.11. The van der Waals surface area contributed by atoms with Crippen LogP contribution < -0.4 is 11.5 Å². The van der Waals surface area contributed by atoms with E-state index in [9.17, 15) is 10.2 Å². The van der Waals surface area contributed by atoms with E-state index in [0.29, 0.717) is 6.42 Å². The van der Waals surface area contributed by atoms with Crippen LogP contribution in [0.2, 0.25) is 0 Å². The zero-order valence-corrected chi connectivity index (χ0v) is 7.69. The van der Waals surface area contributed by atoms with Crippen molar-refractivity contribution < 1.29 is 10.2 Å². The molecule has 0 aromatic heterocycles. The molecule has 0 aromatic rings. The summed E-state index contributed by atoms with van der Waals surface area (Å²) in [5.41, 5.74) is 11.6. The molecule has 2 rings (SSSR count). The van der Waals surface area contributed by atoms with Gasteiger partial charge in [-0.25, -0.2) is 0 Å². The normalized spacial score (nSPS) is 56.3.